The minimum atomic E-state index is -1.03. The molecule has 1 unspecified atom stereocenters. The second-order valence-electron chi connectivity index (χ2n) is 11.0. The Bertz CT molecular complexity index is 1230. The number of nitrogens with one attached hydrogen (secondary N) is 4. The van der Waals surface area contributed by atoms with E-state index >= 15 is 0 Å². The smallest absolute Gasteiger partial charge is 0.243 e. The number of carbonyl (C=O) groups excluding carboxylic acids is 3. The molecule has 2 heterocycles. The third kappa shape index (κ3) is 8.18. The third-order valence-electron chi connectivity index (χ3n) is 7.84. The van der Waals surface area contributed by atoms with E-state index in [0.29, 0.717) is 30.6 Å². The van der Waals surface area contributed by atoms with Crippen LogP contribution >= 0.6 is 0 Å². The average molecular weight is 567 g/mol. The van der Waals surface area contributed by atoms with E-state index in [1.165, 1.54) is 6.07 Å². The van der Waals surface area contributed by atoms with E-state index in [1.54, 1.807) is 30.3 Å². The Morgan fingerprint density at radius 1 is 0.927 bits per heavy atom. The summed E-state index contributed by atoms with van der Waals surface area (Å²) < 4.78 is 0. The fraction of sp³-hybridized carbons (Fsp3) is 0.500. The van der Waals surface area contributed by atoms with Crippen LogP contribution < -0.4 is 32.7 Å². The predicted molar refractivity (Wildman–Crippen MR) is 156 cm³/mol. The Kier molecular flexibility index (Phi) is 10.6. The molecule has 0 aliphatic carbocycles. The van der Waals surface area contributed by atoms with Gasteiger partial charge in [-0.1, -0.05) is 25.0 Å². The first-order valence-electron chi connectivity index (χ1n) is 14.5. The maximum absolute atomic E-state index is 13.5. The number of fused-ring (bicyclic) bond motifs is 5. The van der Waals surface area contributed by atoms with Gasteiger partial charge >= 0.3 is 0 Å². The van der Waals surface area contributed by atoms with Gasteiger partial charge in [0, 0.05) is 25.4 Å². The van der Waals surface area contributed by atoms with Gasteiger partial charge in [0.25, 0.3) is 0 Å². The number of hydrogen-bond acceptors (Lipinski definition) is 8. The van der Waals surface area contributed by atoms with E-state index in [1.807, 2.05) is 0 Å². The highest BCUT2D eigenvalue weighted by Crippen LogP contribution is 2.31. The predicted octanol–water partition coefficient (Wildman–Crippen LogP) is 0.548. The fourth-order valence-electron chi connectivity index (χ4n) is 5.38. The Balaban J connectivity index is 1.68. The molecule has 11 nitrogen and oxygen atoms in total. The van der Waals surface area contributed by atoms with Crippen LogP contribution in [0.2, 0.25) is 0 Å². The van der Waals surface area contributed by atoms with Crippen molar-refractivity contribution in [2.24, 2.45) is 11.5 Å². The number of rotatable bonds is 6. The monoisotopic (exact) mass is 566 g/mol. The van der Waals surface area contributed by atoms with Crippen molar-refractivity contribution < 1.29 is 24.6 Å². The lowest BCUT2D eigenvalue weighted by atomic mass is 9.95. The van der Waals surface area contributed by atoms with Crippen molar-refractivity contribution in [1.82, 2.24) is 21.3 Å². The summed E-state index contributed by atoms with van der Waals surface area (Å²) in [4.78, 5) is 40.0. The van der Waals surface area contributed by atoms with Crippen molar-refractivity contribution in [1.29, 1.82) is 0 Å². The Labute approximate surface area is 240 Å². The number of nitrogens with two attached hydrogens (primary N) is 2. The maximum atomic E-state index is 13.5. The molecule has 0 spiro atoms. The van der Waals surface area contributed by atoms with Crippen LogP contribution in [0.25, 0.3) is 11.1 Å². The SMILES string of the molecule is NCCC[C@H]1NC(=O)[C@@H](N)Cc2cc(ccc2O)-c2ccc(O)c(c2)C[C@H](C(=O)NCC2CCCCCN2)NC1=O. The molecule has 10 N–H and O–H groups in total. The van der Waals surface area contributed by atoms with Crippen LogP contribution in [0.5, 0.6) is 11.5 Å². The molecule has 4 bridgehead atoms. The lowest BCUT2D eigenvalue weighted by Crippen LogP contribution is -2.57. The van der Waals surface area contributed by atoms with E-state index in [0.717, 1.165) is 43.4 Å². The van der Waals surface area contributed by atoms with Gasteiger partial charge in [0.1, 0.15) is 23.6 Å². The molecule has 3 amide bonds. The second-order valence-corrected chi connectivity index (χ2v) is 11.0. The first kappa shape index (κ1) is 30.3. The number of aromatic hydroxyl groups is 2. The summed E-state index contributed by atoms with van der Waals surface area (Å²) in [5.74, 6) is -1.49. The molecule has 4 rings (SSSR count). The molecule has 1 fully saturated rings. The molecule has 1 saturated heterocycles. The van der Waals surface area contributed by atoms with Crippen molar-refractivity contribution in [3.63, 3.8) is 0 Å². The van der Waals surface area contributed by atoms with E-state index in [2.05, 4.69) is 21.3 Å². The van der Waals surface area contributed by atoms with Crippen molar-refractivity contribution in [2.75, 3.05) is 19.6 Å². The molecule has 0 aromatic heterocycles. The van der Waals surface area contributed by atoms with E-state index < -0.39 is 29.9 Å². The van der Waals surface area contributed by atoms with Gasteiger partial charge in [0.15, 0.2) is 0 Å². The number of carbonyl (C=O) groups is 3. The summed E-state index contributed by atoms with van der Waals surface area (Å²) in [5.41, 5.74) is 14.3. The standard InChI is InChI=1S/C30H42N6O5/c31-11-4-6-24-30(41)36-25(29(40)34-17-22-5-2-1-3-12-33-22)16-21-14-19(8-10-27(21)38)18-7-9-26(37)20(13-18)15-23(32)28(39)35-24/h7-10,13-14,22-25,33,37-38H,1-6,11-12,15-17,31-32H2,(H,34,40)(H,35,39)(H,36,41)/t22?,23-,24+,25+/m0/s1. The summed E-state index contributed by atoms with van der Waals surface area (Å²) >= 11 is 0. The topological polar surface area (TPSA) is 192 Å². The van der Waals surface area contributed by atoms with Crippen molar-refractivity contribution in [3.05, 3.63) is 47.5 Å². The molecule has 41 heavy (non-hydrogen) atoms. The van der Waals surface area contributed by atoms with Gasteiger partial charge in [-0.2, -0.15) is 0 Å². The molecule has 222 valence electrons. The zero-order valence-corrected chi connectivity index (χ0v) is 23.3. The normalized spacial score (nSPS) is 23.8. The van der Waals surface area contributed by atoms with Gasteiger partial charge in [-0.3, -0.25) is 14.4 Å². The first-order valence-corrected chi connectivity index (χ1v) is 14.5. The molecule has 2 aromatic rings. The largest absolute Gasteiger partial charge is 0.508 e. The zero-order valence-electron chi connectivity index (χ0n) is 23.3. The van der Waals surface area contributed by atoms with E-state index in [9.17, 15) is 24.6 Å². The quantitative estimate of drug-likeness (QED) is 0.248. The van der Waals surface area contributed by atoms with Crippen LogP contribution in [-0.2, 0) is 27.2 Å². The molecule has 4 atom stereocenters. The molecular weight excluding hydrogens is 524 g/mol. The molecule has 2 aliphatic rings. The number of phenolic OH excluding ortho intramolecular Hbond substituents is 2. The van der Waals surface area contributed by atoms with Gasteiger partial charge in [0.2, 0.25) is 17.7 Å². The highest BCUT2D eigenvalue weighted by molar-refractivity contribution is 5.93. The minimum Gasteiger partial charge on any atom is -0.508 e. The summed E-state index contributed by atoms with van der Waals surface area (Å²) in [7, 11) is 0. The summed E-state index contributed by atoms with van der Waals surface area (Å²) in [6, 6.07) is 7.17. The van der Waals surface area contributed by atoms with Crippen LogP contribution in [0, 0.1) is 0 Å². The molecular formula is C30H42N6O5. The Morgan fingerprint density at radius 2 is 1.61 bits per heavy atom. The Hall–Kier alpha value is -3.67. The van der Waals surface area contributed by atoms with Crippen LogP contribution in [0.1, 0.15) is 49.7 Å². The molecule has 0 radical (unpaired) electrons. The van der Waals surface area contributed by atoms with Crippen molar-refractivity contribution in [2.45, 2.75) is 75.5 Å². The molecule has 2 aliphatic heterocycles. The first-order chi connectivity index (χ1) is 19.7. The van der Waals surface area contributed by atoms with Crippen molar-refractivity contribution in [3.8, 4) is 22.6 Å². The number of phenols is 2. The van der Waals surface area contributed by atoms with Crippen LogP contribution in [0.4, 0.5) is 0 Å². The summed E-state index contributed by atoms with van der Waals surface area (Å²) in [5, 5.41) is 33.1. The lowest BCUT2D eigenvalue weighted by molar-refractivity contribution is -0.132. The van der Waals surface area contributed by atoms with Crippen LogP contribution in [0.3, 0.4) is 0 Å². The minimum absolute atomic E-state index is 0.00219. The maximum Gasteiger partial charge on any atom is 0.243 e. The highest BCUT2D eigenvalue weighted by Gasteiger charge is 2.30. The average Bonchev–Trinajstić information content (AvgIpc) is 3.24. The molecule has 0 saturated carbocycles. The summed E-state index contributed by atoms with van der Waals surface area (Å²) in [6.07, 6.45) is 5.06. The van der Waals surface area contributed by atoms with Crippen LogP contribution in [0.15, 0.2) is 36.4 Å². The second kappa shape index (κ2) is 14.3. The van der Waals surface area contributed by atoms with E-state index in [4.69, 9.17) is 11.5 Å². The van der Waals surface area contributed by atoms with Crippen LogP contribution in [-0.4, -0.2) is 71.7 Å². The van der Waals surface area contributed by atoms with Gasteiger partial charge < -0.3 is 42.9 Å². The lowest BCUT2D eigenvalue weighted by Gasteiger charge is -2.25. The van der Waals surface area contributed by atoms with E-state index in [-0.39, 0.29) is 42.7 Å². The number of benzene rings is 2. The van der Waals surface area contributed by atoms with Gasteiger partial charge in [-0.05, 0) is 85.3 Å². The fourth-order valence-corrected chi connectivity index (χ4v) is 5.38. The van der Waals surface area contributed by atoms with Gasteiger partial charge in [0.05, 0.1) is 6.04 Å². The third-order valence-corrected chi connectivity index (χ3v) is 7.84. The zero-order chi connectivity index (χ0) is 29.4. The highest BCUT2D eigenvalue weighted by atomic mass is 16.3. The number of hydrogen-bond donors (Lipinski definition) is 8. The molecule has 11 heteroatoms. The summed E-state index contributed by atoms with van der Waals surface area (Å²) in [6.45, 7) is 1.62. The van der Waals surface area contributed by atoms with Gasteiger partial charge in [-0.25, -0.2) is 0 Å². The van der Waals surface area contributed by atoms with Crippen molar-refractivity contribution >= 4 is 17.7 Å². The number of amides is 3. The van der Waals surface area contributed by atoms with Gasteiger partial charge in [-0.15, -0.1) is 0 Å². The Morgan fingerprint density at radius 3 is 2.29 bits per heavy atom. The molecule has 2 aromatic carbocycles.